The summed E-state index contributed by atoms with van der Waals surface area (Å²) in [6.07, 6.45) is 0. The first-order valence-electron chi connectivity index (χ1n) is 2.47. The Bertz CT molecular complexity index is 50.9. The molecule has 2 nitrogen and oxygen atoms in total. The molecule has 46 valence electrons. The molecule has 8 heavy (non-hydrogen) atoms. The molecule has 2 radical (unpaired) electrons. The predicted octanol–water partition coefficient (Wildman–Crippen LogP) is -0.696. The van der Waals surface area contributed by atoms with E-state index in [1.807, 2.05) is 0 Å². The van der Waals surface area contributed by atoms with Crippen molar-refractivity contribution in [2.45, 2.75) is 0 Å². The van der Waals surface area contributed by atoms with E-state index >= 15 is 0 Å². The minimum atomic E-state index is 0. The molecule has 0 saturated heterocycles. The van der Waals surface area contributed by atoms with Gasteiger partial charge in [0.1, 0.15) is 6.54 Å². The fraction of sp³-hybridized carbons (Fsp3) is 1.00. The summed E-state index contributed by atoms with van der Waals surface area (Å²) in [6.45, 7) is 1.11. The maximum atomic E-state index is 8.39. The average molecular weight is 226 g/mol. The average Bonchev–Trinajstić information content (AvgIpc) is 1.30. The quantitative estimate of drug-likeness (QED) is 0.487. The van der Waals surface area contributed by atoms with E-state index in [9.17, 15) is 0 Å². The van der Waals surface area contributed by atoms with Gasteiger partial charge in [-0.15, -0.1) is 0 Å². The Morgan fingerprint density at radius 2 is 1.62 bits per heavy atom. The summed E-state index contributed by atoms with van der Waals surface area (Å²) in [6, 6.07) is 0. The second kappa shape index (κ2) is 4.60. The Kier molecular flexibility index (Phi) is 6.63. The van der Waals surface area contributed by atoms with Gasteiger partial charge in [0.15, 0.2) is 0 Å². The molecule has 0 aliphatic heterocycles. The number of rotatable bonds is 2. The summed E-state index contributed by atoms with van der Waals surface area (Å²) in [5.41, 5.74) is 0. The first-order chi connectivity index (χ1) is 3.06. The molecule has 0 atom stereocenters. The molecular weight excluding hydrogens is 212 g/mol. The molecule has 0 bridgehead atoms. The second-order valence-corrected chi connectivity index (χ2v) is 2.74. The van der Waals surface area contributed by atoms with Crippen LogP contribution in [0.4, 0.5) is 0 Å². The van der Waals surface area contributed by atoms with E-state index in [1.165, 1.54) is 0 Å². The van der Waals surface area contributed by atoms with E-state index < -0.39 is 0 Å². The van der Waals surface area contributed by atoms with Crippen molar-refractivity contribution in [3.8, 4) is 0 Å². The largest absolute Gasteiger partial charge is 3.00 e. The van der Waals surface area contributed by atoms with Crippen molar-refractivity contribution in [1.29, 1.82) is 0 Å². The molecule has 0 fully saturated rings. The van der Waals surface area contributed by atoms with Gasteiger partial charge in [-0.25, -0.2) is 0 Å². The van der Waals surface area contributed by atoms with Crippen LogP contribution < -0.4 is 0 Å². The Hall–Kier alpha value is 0.738. The summed E-state index contributed by atoms with van der Waals surface area (Å²) in [7, 11) is 6.16. The van der Waals surface area contributed by atoms with Crippen LogP contribution in [0.3, 0.4) is 0 Å². The summed E-state index contributed by atoms with van der Waals surface area (Å²) in [5, 5.41) is 8.39. The maximum Gasteiger partial charge on any atom is 3.00 e. The van der Waals surface area contributed by atoms with E-state index in [2.05, 4.69) is 21.1 Å². The van der Waals surface area contributed by atoms with E-state index in [0.717, 1.165) is 11.0 Å². The fourth-order valence-electron chi connectivity index (χ4n) is 0.300. The van der Waals surface area contributed by atoms with Gasteiger partial charge < -0.3 is 9.59 Å². The van der Waals surface area contributed by atoms with Crippen LogP contribution in [0.5, 0.6) is 0 Å². The molecule has 0 heterocycles. The maximum absolute atomic E-state index is 8.39. The summed E-state index contributed by atoms with van der Waals surface area (Å²) in [5.74, 6) is 0. The van der Waals surface area contributed by atoms with Crippen LogP contribution in [0.1, 0.15) is 0 Å². The number of aliphatic hydroxyl groups is 1. The van der Waals surface area contributed by atoms with Crippen LogP contribution in [0, 0.1) is 0 Å². The molecule has 0 spiro atoms. The van der Waals surface area contributed by atoms with Crippen LogP contribution in [-0.2, 0) is 0 Å². The molecule has 0 rings (SSSR count). The number of aliphatic hydroxyl groups excluding tert-OH is 1. The minimum absolute atomic E-state index is 0. The van der Waals surface area contributed by atoms with E-state index in [1.54, 1.807) is 0 Å². The van der Waals surface area contributed by atoms with Crippen LogP contribution in [0.15, 0.2) is 0 Å². The zero-order valence-electron chi connectivity index (χ0n) is 5.76. The van der Waals surface area contributed by atoms with Crippen LogP contribution in [0.2, 0.25) is 0 Å². The third-order valence-corrected chi connectivity index (χ3v) is 0.771. The Labute approximate surface area is 68.5 Å². The Morgan fingerprint density at radius 3 is 1.62 bits per heavy atom. The van der Waals surface area contributed by atoms with Gasteiger partial charge in [-0.3, -0.25) is 0 Å². The van der Waals surface area contributed by atoms with Gasteiger partial charge in [0, 0.05) is 0 Å². The summed E-state index contributed by atoms with van der Waals surface area (Å²) < 4.78 is 0.844. The monoisotopic (exact) mass is 225 g/mol. The van der Waals surface area contributed by atoms with E-state index in [4.69, 9.17) is 5.11 Å². The first-order valence-corrected chi connectivity index (χ1v) is 2.47. The van der Waals surface area contributed by atoms with Gasteiger partial charge in [0.2, 0.25) is 0 Å². The van der Waals surface area contributed by atoms with Gasteiger partial charge in [0.25, 0.3) is 0 Å². The molecule has 1 N–H and O–H groups in total. The predicted molar refractivity (Wildman–Crippen MR) is 35.7 cm³/mol. The number of hydrogen-bond acceptors (Lipinski definition) is 1. The van der Waals surface area contributed by atoms with Gasteiger partial charge in [-0.1, -0.05) is 0 Å². The van der Waals surface area contributed by atoms with Crippen molar-refractivity contribution >= 4 is 24.4 Å². The van der Waals surface area contributed by atoms with Gasteiger partial charge in [0.05, 0.1) is 27.7 Å². The fourth-order valence-corrected chi connectivity index (χ4v) is 0.300. The normalized spacial score (nSPS) is 10.5. The molecule has 0 aromatic heterocycles. The summed E-state index contributed by atoms with van der Waals surface area (Å²) in [4.78, 5) is 0. The standard InChI is InChI=1S/C5H14NO.Sb/c1-6(2,3)4-5-7;/h7H,4-5H2,1-3H3;/q+1;+3. The topological polar surface area (TPSA) is 20.2 Å². The third-order valence-electron chi connectivity index (χ3n) is 0.771. The van der Waals surface area contributed by atoms with Crippen molar-refractivity contribution < 1.29 is 9.59 Å². The van der Waals surface area contributed by atoms with E-state index in [-0.39, 0.29) is 31.0 Å². The Morgan fingerprint density at radius 1 is 1.25 bits per heavy atom. The van der Waals surface area contributed by atoms with Crippen molar-refractivity contribution in [3.63, 3.8) is 0 Å². The number of likely N-dealkylation sites (N-methyl/N-ethyl adjacent to an activating group) is 1. The van der Waals surface area contributed by atoms with Crippen LogP contribution in [0.25, 0.3) is 0 Å². The third kappa shape index (κ3) is 9.88. The van der Waals surface area contributed by atoms with Crippen molar-refractivity contribution in [2.24, 2.45) is 0 Å². The smallest absolute Gasteiger partial charge is 0.391 e. The van der Waals surface area contributed by atoms with Gasteiger partial charge in [-0.05, 0) is 0 Å². The SMILES string of the molecule is C[N+](C)(C)CCO.[Sb+3]. The van der Waals surface area contributed by atoms with Crippen LogP contribution >= 0.6 is 0 Å². The zero-order chi connectivity index (χ0) is 5.91. The molecular formula is C5H14NOSb+4. The minimum Gasteiger partial charge on any atom is -0.391 e. The van der Waals surface area contributed by atoms with Crippen molar-refractivity contribution in [2.75, 3.05) is 34.3 Å². The molecule has 0 aliphatic rings. The summed E-state index contributed by atoms with van der Waals surface area (Å²) >= 11 is 0. The molecule has 0 aromatic carbocycles. The number of quaternary nitrogens is 1. The number of nitrogens with zero attached hydrogens (tertiary/aromatic N) is 1. The second-order valence-electron chi connectivity index (χ2n) is 2.74. The first kappa shape index (κ1) is 11.5. The Balaban J connectivity index is 0. The number of hydrogen-bond donors (Lipinski definition) is 1. The molecule has 0 saturated carbocycles. The molecule has 0 aliphatic carbocycles. The van der Waals surface area contributed by atoms with Gasteiger partial charge in [-0.2, -0.15) is 0 Å². The van der Waals surface area contributed by atoms with Crippen LogP contribution in [-0.4, -0.2) is 68.3 Å². The molecule has 0 aromatic rings. The molecule has 0 amide bonds. The molecule has 0 unspecified atom stereocenters. The van der Waals surface area contributed by atoms with Crippen molar-refractivity contribution in [3.05, 3.63) is 0 Å². The van der Waals surface area contributed by atoms with E-state index in [0.29, 0.717) is 0 Å². The van der Waals surface area contributed by atoms with Crippen molar-refractivity contribution in [1.82, 2.24) is 0 Å². The van der Waals surface area contributed by atoms with Gasteiger partial charge >= 0.3 is 24.4 Å². The zero-order valence-corrected chi connectivity index (χ0v) is 8.31. The molecule has 3 heteroatoms.